The van der Waals surface area contributed by atoms with E-state index in [1.165, 1.54) is 30.6 Å². The number of likely N-dealkylation sites (tertiary alicyclic amines) is 1. The van der Waals surface area contributed by atoms with Gasteiger partial charge in [0.1, 0.15) is 0 Å². The number of hydrogen-bond donors (Lipinski definition) is 1. The highest BCUT2D eigenvalue weighted by atomic mass is 15.2. The van der Waals surface area contributed by atoms with Crippen LogP contribution in [-0.4, -0.2) is 50.1 Å². The van der Waals surface area contributed by atoms with Crippen LogP contribution in [0.25, 0.3) is 0 Å². The number of hydrogen-bond acceptors (Lipinski definition) is 3. The Hall–Kier alpha value is -0.900. The lowest BCUT2D eigenvalue weighted by molar-refractivity contribution is 0.211. The number of nitrogens with two attached hydrogens (primary N) is 1. The molecule has 19 heavy (non-hydrogen) atoms. The van der Waals surface area contributed by atoms with Gasteiger partial charge in [0.05, 0.1) is 0 Å². The van der Waals surface area contributed by atoms with Crippen LogP contribution in [0.1, 0.15) is 23.6 Å². The second-order valence-electron chi connectivity index (χ2n) is 5.96. The first-order valence-electron chi connectivity index (χ1n) is 7.26. The van der Waals surface area contributed by atoms with E-state index in [1.807, 2.05) is 0 Å². The van der Waals surface area contributed by atoms with E-state index in [9.17, 15) is 0 Å². The van der Waals surface area contributed by atoms with Crippen LogP contribution >= 0.6 is 0 Å². The topological polar surface area (TPSA) is 32.5 Å². The zero-order chi connectivity index (χ0) is 13.8. The second-order valence-corrected chi connectivity index (χ2v) is 5.96. The number of likely N-dealkylation sites (N-methyl/N-ethyl adjacent to an activating group) is 1. The van der Waals surface area contributed by atoms with E-state index in [0.29, 0.717) is 12.6 Å². The Morgan fingerprint density at radius 1 is 1.42 bits per heavy atom. The molecule has 0 aliphatic carbocycles. The molecule has 3 heteroatoms. The van der Waals surface area contributed by atoms with Crippen molar-refractivity contribution in [2.75, 3.05) is 40.3 Å². The Morgan fingerprint density at radius 2 is 2.16 bits per heavy atom. The molecule has 106 valence electrons. The van der Waals surface area contributed by atoms with E-state index in [0.717, 1.165) is 12.5 Å². The maximum atomic E-state index is 6.02. The summed E-state index contributed by atoms with van der Waals surface area (Å²) in [5.74, 6) is 0.785. The summed E-state index contributed by atoms with van der Waals surface area (Å²) >= 11 is 0. The monoisotopic (exact) mass is 261 g/mol. The van der Waals surface area contributed by atoms with E-state index >= 15 is 0 Å². The van der Waals surface area contributed by atoms with Gasteiger partial charge in [-0.3, -0.25) is 4.90 Å². The van der Waals surface area contributed by atoms with Gasteiger partial charge in [-0.05, 0) is 51.0 Å². The molecular formula is C16H27N3. The SMILES string of the molecule is Cc1ccccc1C(CN)N(C)CC1CCN(C)C1. The minimum Gasteiger partial charge on any atom is -0.329 e. The van der Waals surface area contributed by atoms with E-state index in [4.69, 9.17) is 5.73 Å². The third kappa shape index (κ3) is 3.56. The smallest absolute Gasteiger partial charge is 0.0470 e. The summed E-state index contributed by atoms with van der Waals surface area (Å²) in [5.41, 5.74) is 8.74. The zero-order valence-corrected chi connectivity index (χ0v) is 12.5. The molecule has 0 radical (unpaired) electrons. The predicted molar refractivity (Wildman–Crippen MR) is 81.2 cm³/mol. The molecule has 0 spiro atoms. The van der Waals surface area contributed by atoms with Gasteiger partial charge in [-0.15, -0.1) is 0 Å². The lowest BCUT2D eigenvalue weighted by Crippen LogP contribution is -2.35. The van der Waals surface area contributed by atoms with Gasteiger partial charge in [0.15, 0.2) is 0 Å². The molecule has 1 aliphatic rings. The fraction of sp³-hybridized carbons (Fsp3) is 0.625. The fourth-order valence-corrected chi connectivity index (χ4v) is 3.21. The number of rotatable bonds is 5. The molecular weight excluding hydrogens is 234 g/mol. The molecule has 2 N–H and O–H groups in total. The van der Waals surface area contributed by atoms with Crippen molar-refractivity contribution >= 4 is 0 Å². The van der Waals surface area contributed by atoms with Crippen molar-refractivity contribution in [2.45, 2.75) is 19.4 Å². The lowest BCUT2D eigenvalue weighted by Gasteiger charge is -2.30. The fourth-order valence-electron chi connectivity index (χ4n) is 3.21. The molecule has 1 saturated heterocycles. The summed E-state index contributed by atoms with van der Waals surface area (Å²) in [4.78, 5) is 4.86. The van der Waals surface area contributed by atoms with Crippen molar-refractivity contribution in [3.8, 4) is 0 Å². The third-order valence-electron chi connectivity index (χ3n) is 4.34. The Labute approximate surface area is 117 Å². The van der Waals surface area contributed by atoms with E-state index in [1.54, 1.807) is 0 Å². The van der Waals surface area contributed by atoms with E-state index < -0.39 is 0 Å². The minimum atomic E-state index is 0.340. The van der Waals surface area contributed by atoms with Crippen molar-refractivity contribution in [1.82, 2.24) is 9.80 Å². The van der Waals surface area contributed by atoms with Gasteiger partial charge in [0, 0.05) is 25.7 Å². The average molecular weight is 261 g/mol. The van der Waals surface area contributed by atoms with Crippen LogP contribution in [0, 0.1) is 12.8 Å². The van der Waals surface area contributed by atoms with Crippen LogP contribution in [0.4, 0.5) is 0 Å². The first-order chi connectivity index (χ1) is 9.11. The predicted octanol–water partition coefficient (Wildman–Crippen LogP) is 1.88. The summed E-state index contributed by atoms with van der Waals surface area (Å²) in [5, 5.41) is 0. The van der Waals surface area contributed by atoms with Gasteiger partial charge in [-0.25, -0.2) is 0 Å². The molecule has 3 nitrogen and oxygen atoms in total. The standard InChI is InChI=1S/C16H27N3/c1-13-6-4-5-7-15(13)16(10-17)19(3)12-14-8-9-18(2)11-14/h4-7,14,16H,8-12,17H2,1-3H3. The third-order valence-corrected chi connectivity index (χ3v) is 4.34. The largest absolute Gasteiger partial charge is 0.329 e. The molecule has 1 fully saturated rings. The Balaban J connectivity index is 2.03. The maximum Gasteiger partial charge on any atom is 0.0470 e. The normalized spacial score (nSPS) is 22.1. The van der Waals surface area contributed by atoms with Crippen LogP contribution in [-0.2, 0) is 0 Å². The highest BCUT2D eigenvalue weighted by molar-refractivity contribution is 5.29. The van der Waals surface area contributed by atoms with Gasteiger partial charge in [-0.2, -0.15) is 0 Å². The summed E-state index contributed by atoms with van der Waals surface area (Å²) in [6.07, 6.45) is 1.31. The van der Waals surface area contributed by atoms with Crippen LogP contribution in [0.5, 0.6) is 0 Å². The average Bonchev–Trinajstić information content (AvgIpc) is 2.78. The molecule has 0 saturated carbocycles. The summed E-state index contributed by atoms with van der Waals surface area (Å²) in [6, 6.07) is 8.94. The first-order valence-corrected chi connectivity index (χ1v) is 7.26. The van der Waals surface area contributed by atoms with E-state index in [2.05, 4.69) is 55.1 Å². The van der Waals surface area contributed by atoms with Crippen molar-refractivity contribution in [3.63, 3.8) is 0 Å². The molecule has 1 aromatic carbocycles. The van der Waals surface area contributed by atoms with E-state index in [-0.39, 0.29) is 0 Å². The van der Waals surface area contributed by atoms with Crippen LogP contribution in [0.3, 0.4) is 0 Å². The van der Waals surface area contributed by atoms with Crippen molar-refractivity contribution in [2.24, 2.45) is 11.7 Å². The number of aryl methyl sites for hydroxylation is 1. The Bertz CT molecular complexity index is 405. The Morgan fingerprint density at radius 3 is 2.74 bits per heavy atom. The quantitative estimate of drug-likeness (QED) is 0.878. The molecule has 2 atom stereocenters. The van der Waals surface area contributed by atoms with Crippen LogP contribution in [0.2, 0.25) is 0 Å². The molecule has 1 aliphatic heterocycles. The first kappa shape index (κ1) is 14.5. The number of benzene rings is 1. The molecule has 1 heterocycles. The molecule has 0 bridgehead atoms. The summed E-state index contributed by atoms with van der Waals surface area (Å²) in [7, 11) is 4.42. The van der Waals surface area contributed by atoms with Gasteiger partial charge >= 0.3 is 0 Å². The van der Waals surface area contributed by atoms with Crippen molar-refractivity contribution < 1.29 is 0 Å². The summed E-state index contributed by atoms with van der Waals surface area (Å²) < 4.78 is 0. The molecule has 1 aromatic rings. The molecule has 2 unspecified atom stereocenters. The Kier molecular flexibility index (Phi) is 4.97. The number of nitrogens with zero attached hydrogens (tertiary/aromatic N) is 2. The van der Waals surface area contributed by atoms with Gasteiger partial charge in [0.25, 0.3) is 0 Å². The minimum absolute atomic E-state index is 0.340. The molecule has 0 amide bonds. The zero-order valence-electron chi connectivity index (χ0n) is 12.5. The second kappa shape index (κ2) is 6.51. The van der Waals surface area contributed by atoms with Crippen molar-refractivity contribution in [3.05, 3.63) is 35.4 Å². The lowest BCUT2D eigenvalue weighted by atomic mass is 9.99. The van der Waals surface area contributed by atoms with Gasteiger partial charge in [0.2, 0.25) is 0 Å². The van der Waals surface area contributed by atoms with Crippen LogP contribution < -0.4 is 5.73 Å². The summed E-state index contributed by atoms with van der Waals surface area (Å²) in [6.45, 7) is 6.45. The van der Waals surface area contributed by atoms with Gasteiger partial charge < -0.3 is 10.6 Å². The van der Waals surface area contributed by atoms with Crippen molar-refractivity contribution in [1.29, 1.82) is 0 Å². The molecule has 0 aromatic heterocycles. The molecule has 2 rings (SSSR count). The maximum absolute atomic E-state index is 6.02. The van der Waals surface area contributed by atoms with Crippen LogP contribution in [0.15, 0.2) is 24.3 Å². The highest BCUT2D eigenvalue weighted by Gasteiger charge is 2.24. The highest BCUT2D eigenvalue weighted by Crippen LogP contribution is 2.24. The van der Waals surface area contributed by atoms with Gasteiger partial charge in [-0.1, -0.05) is 24.3 Å².